The van der Waals surface area contributed by atoms with Crippen LogP contribution in [0.4, 0.5) is 0 Å². The van der Waals surface area contributed by atoms with Gasteiger partial charge in [0.15, 0.2) is 0 Å². The zero-order valence-electron chi connectivity index (χ0n) is 13.9. The lowest BCUT2D eigenvalue weighted by molar-refractivity contribution is 0.0521. The lowest BCUT2D eigenvalue weighted by Crippen LogP contribution is -2.40. The summed E-state index contributed by atoms with van der Waals surface area (Å²) < 4.78 is 7.14. The molecule has 7 nitrogen and oxygen atoms in total. The molecule has 0 spiro atoms. The Morgan fingerprint density at radius 2 is 2.20 bits per heavy atom. The van der Waals surface area contributed by atoms with Gasteiger partial charge >= 0.3 is 0 Å². The summed E-state index contributed by atoms with van der Waals surface area (Å²) in [5.74, 6) is 1.41. The van der Waals surface area contributed by atoms with Gasteiger partial charge in [-0.1, -0.05) is 13.0 Å². The van der Waals surface area contributed by atoms with E-state index in [0.29, 0.717) is 11.5 Å². The number of rotatable bonds is 3. The minimum atomic E-state index is -0.0251. The molecule has 1 saturated heterocycles. The monoisotopic (exact) mass is 337 g/mol. The molecule has 1 aromatic carbocycles. The largest absolute Gasteiger partial charge is 0.467 e. The zero-order valence-corrected chi connectivity index (χ0v) is 13.9. The standard InChI is InChI=1S/C18H19N5O2/c1-13-7-8-22(16(10-13)17-6-3-9-25-17)18(24)14-4-2-5-15(11-14)23-12-19-20-21-23/h2-6,9,11-13,16H,7-8,10H2,1H3/t13-,16-/m1/s1. The summed E-state index contributed by atoms with van der Waals surface area (Å²) in [5, 5.41) is 11.2. The molecule has 1 aliphatic rings. The maximum Gasteiger partial charge on any atom is 0.254 e. The maximum absolute atomic E-state index is 13.2. The minimum absolute atomic E-state index is 0.00299. The summed E-state index contributed by atoms with van der Waals surface area (Å²) >= 11 is 0. The lowest BCUT2D eigenvalue weighted by Gasteiger charge is -2.37. The van der Waals surface area contributed by atoms with Gasteiger partial charge in [0.05, 0.1) is 18.0 Å². The van der Waals surface area contributed by atoms with Crippen molar-refractivity contribution in [2.24, 2.45) is 5.92 Å². The molecule has 1 fully saturated rings. The first-order valence-corrected chi connectivity index (χ1v) is 8.40. The average molecular weight is 337 g/mol. The van der Waals surface area contributed by atoms with Crippen LogP contribution in [-0.2, 0) is 0 Å². The number of tetrazole rings is 1. The fraction of sp³-hybridized carbons (Fsp3) is 0.333. The van der Waals surface area contributed by atoms with E-state index in [1.807, 2.05) is 41.3 Å². The van der Waals surface area contributed by atoms with E-state index >= 15 is 0 Å². The third-order valence-corrected chi connectivity index (χ3v) is 4.70. The number of hydrogen-bond donors (Lipinski definition) is 0. The number of furan rings is 1. The van der Waals surface area contributed by atoms with Crippen LogP contribution in [0.5, 0.6) is 0 Å². The van der Waals surface area contributed by atoms with Crippen molar-refractivity contribution in [2.75, 3.05) is 6.54 Å². The number of benzene rings is 1. The zero-order chi connectivity index (χ0) is 17.2. The van der Waals surface area contributed by atoms with Crippen LogP contribution in [0.2, 0.25) is 0 Å². The molecule has 2 atom stereocenters. The molecule has 7 heteroatoms. The van der Waals surface area contributed by atoms with Crippen LogP contribution in [0.3, 0.4) is 0 Å². The summed E-state index contributed by atoms with van der Waals surface area (Å²) in [7, 11) is 0. The third kappa shape index (κ3) is 3.05. The molecule has 3 aromatic rings. The number of nitrogens with zero attached hydrogens (tertiary/aromatic N) is 5. The third-order valence-electron chi connectivity index (χ3n) is 4.70. The normalized spacial score (nSPS) is 20.6. The van der Waals surface area contributed by atoms with Crippen LogP contribution in [0, 0.1) is 5.92 Å². The first kappa shape index (κ1) is 15.6. The molecule has 0 radical (unpaired) electrons. The molecule has 0 N–H and O–H groups in total. The van der Waals surface area contributed by atoms with Crippen LogP contribution in [0.25, 0.3) is 5.69 Å². The van der Waals surface area contributed by atoms with Gasteiger partial charge in [0, 0.05) is 12.1 Å². The van der Waals surface area contributed by atoms with Crippen molar-refractivity contribution in [3.05, 3.63) is 60.3 Å². The molecule has 0 aliphatic carbocycles. The molecule has 0 bridgehead atoms. The van der Waals surface area contributed by atoms with Crippen LogP contribution < -0.4 is 0 Å². The van der Waals surface area contributed by atoms with E-state index in [9.17, 15) is 4.79 Å². The van der Waals surface area contributed by atoms with E-state index in [1.165, 1.54) is 6.33 Å². The highest BCUT2D eigenvalue weighted by molar-refractivity contribution is 5.95. The molecule has 25 heavy (non-hydrogen) atoms. The van der Waals surface area contributed by atoms with Crippen LogP contribution in [0.15, 0.2) is 53.4 Å². The van der Waals surface area contributed by atoms with Gasteiger partial charge in [-0.2, -0.15) is 0 Å². The van der Waals surface area contributed by atoms with E-state index in [2.05, 4.69) is 22.4 Å². The summed E-state index contributed by atoms with van der Waals surface area (Å²) in [6, 6.07) is 11.1. The quantitative estimate of drug-likeness (QED) is 0.734. The van der Waals surface area contributed by atoms with Crippen molar-refractivity contribution < 1.29 is 9.21 Å². The Morgan fingerprint density at radius 3 is 2.96 bits per heavy atom. The number of carbonyl (C=O) groups excluding carboxylic acids is 1. The molecule has 1 aliphatic heterocycles. The van der Waals surface area contributed by atoms with Crippen molar-refractivity contribution in [2.45, 2.75) is 25.8 Å². The maximum atomic E-state index is 13.2. The Kier molecular flexibility index (Phi) is 4.05. The highest BCUT2D eigenvalue weighted by Gasteiger charge is 2.33. The van der Waals surface area contributed by atoms with Crippen molar-refractivity contribution in [1.29, 1.82) is 0 Å². The van der Waals surface area contributed by atoms with Crippen molar-refractivity contribution in [3.8, 4) is 5.69 Å². The molecule has 128 valence electrons. The second-order valence-corrected chi connectivity index (χ2v) is 6.46. The Labute approximate surface area is 145 Å². The molecular weight excluding hydrogens is 318 g/mol. The van der Waals surface area contributed by atoms with E-state index in [4.69, 9.17) is 4.42 Å². The summed E-state index contributed by atoms with van der Waals surface area (Å²) in [6.07, 6.45) is 5.08. The average Bonchev–Trinajstić information content (AvgIpc) is 3.35. The Bertz CT molecular complexity index is 844. The van der Waals surface area contributed by atoms with Gasteiger partial charge in [-0.25, -0.2) is 4.68 Å². The molecule has 0 saturated carbocycles. The number of aromatic nitrogens is 4. The minimum Gasteiger partial charge on any atom is -0.467 e. The number of hydrogen-bond acceptors (Lipinski definition) is 5. The van der Waals surface area contributed by atoms with Crippen molar-refractivity contribution in [1.82, 2.24) is 25.1 Å². The first-order chi connectivity index (χ1) is 12.2. The van der Waals surface area contributed by atoms with E-state index in [1.54, 1.807) is 10.9 Å². The van der Waals surface area contributed by atoms with Gasteiger partial charge in [-0.3, -0.25) is 4.79 Å². The van der Waals surface area contributed by atoms with E-state index in [-0.39, 0.29) is 11.9 Å². The van der Waals surface area contributed by atoms with Crippen LogP contribution >= 0.6 is 0 Å². The molecule has 4 rings (SSSR count). The second kappa shape index (κ2) is 6.51. The number of piperidine rings is 1. The van der Waals surface area contributed by atoms with Gasteiger partial charge < -0.3 is 9.32 Å². The van der Waals surface area contributed by atoms with Gasteiger partial charge in [0.1, 0.15) is 12.1 Å². The number of carbonyl (C=O) groups is 1. The van der Waals surface area contributed by atoms with Crippen molar-refractivity contribution in [3.63, 3.8) is 0 Å². The second-order valence-electron chi connectivity index (χ2n) is 6.46. The SMILES string of the molecule is C[C@@H]1CCN(C(=O)c2cccc(-n3cnnn3)c2)[C@@H](c2ccco2)C1. The fourth-order valence-electron chi connectivity index (χ4n) is 3.36. The van der Waals surface area contributed by atoms with Crippen molar-refractivity contribution >= 4 is 5.91 Å². The molecule has 3 heterocycles. The Morgan fingerprint density at radius 1 is 1.28 bits per heavy atom. The van der Waals surface area contributed by atoms with Gasteiger partial charge in [-0.15, -0.1) is 5.10 Å². The lowest BCUT2D eigenvalue weighted by atomic mass is 9.90. The smallest absolute Gasteiger partial charge is 0.254 e. The van der Waals surface area contributed by atoms with Gasteiger partial charge in [0.25, 0.3) is 5.91 Å². The Hall–Kier alpha value is -2.96. The summed E-state index contributed by atoms with van der Waals surface area (Å²) in [6.45, 7) is 2.94. The molecule has 1 amide bonds. The predicted octanol–water partition coefficient (Wildman–Crippen LogP) is 2.87. The van der Waals surface area contributed by atoms with Crippen LogP contribution in [-0.4, -0.2) is 37.6 Å². The first-order valence-electron chi connectivity index (χ1n) is 8.40. The summed E-state index contributed by atoms with van der Waals surface area (Å²) in [4.78, 5) is 15.1. The fourth-order valence-corrected chi connectivity index (χ4v) is 3.36. The molecule has 0 unspecified atom stereocenters. The summed E-state index contributed by atoms with van der Waals surface area (Å²) in [5.41, 5.74) is 1.38. The highest BCUT2D eigenvalue weighted by Crippen LogP contribution is 2.35. The van der Waals surface area contributed by atoms with E-state index < -0.39 is 0 Å². The number of amides is 1. The van der Waals surface area contributed by atoms with Gasteiger partial charge in [0.2, 0.25) is 0 Å². The van der Waals surface area contributed by atoms with Gasteiger partial charge in [-0.05, 0) is 59.5 Å². The highest BCUT2D eigenvalue weighted by atomic mass is 16.3. The predicted molar refractivity (Wildman–Crippen MR) is 90.0 cm³/mol. The Balaban J connectivity index is 1.64. The van der Waals surface area contributed by atoms with E-state index in [0.717, 1.165) is 30.8 Å². The number of likely N-dealkylation sites (tertiary alicyclic amines) is 1. The molecular formula is C18H19N5O2. The van der Waals surface area contributed by atoms with Crippen LogP contribution in [0.1, 0.15) is 41.9 Å². The topological polar surface area (TPSA) is 77.1 Å². The molecule has 2 aromatic heterocycles.